The van der Waals surface area contributed by atoms with E-state index in [1.54, 1.807) is 0 Å². The highest BCUT2D eigenvalue weighted by Crippen LogP contribution is 2.31. The minimum atomic E-state index is -0.806. The Hall–Kier alpha value is -3.20. The first kappa shape index (κ1) is 18.6. The molecule has 0 unspecified atom stereocenters. The van der Waals surface area contributed by atoms with Gasteiger partial charge in [-0.25, -0.2) is 0 Å². The predicted molar refractivity (Wildman–Crippen MR) is 100 cm³/mol. The van der Waals surface area contributed by atoms with Crippen molar-refractivity contribution in [2.45, 2.75) is 18.2 Å². The summed E-state index contributed by atoms with van der Waals surface area (Å²) in [5.74, 6) is -0.904. The third-order valence-corrected chi connectivity index (χ3v) is 4.97. The Morgan fingerprint density at radius 1 is 1.15 bits per heavy atom. The summed E-state index contributed by atoms with van der Waals surface area (Å²) in [4.78, 5) is 48.1. The zero-order valence-electron chi connectivity index (χ0n) is 14.0. The first-order valence-electron chi connectivity index (χ1n) is 8.04. The van der Waals surface area contributed by atoms with Gasteiger partial charge in [0.25, 0.3) is 10.9 Å². The number of thioether (sulfide) groups is 1. The SMILES string of the molecule is O=C(C[C@@H]1SC(=O)N(Cc2ccccc2)C1=O)Nc1cccc([N+](=O)[O-])c1. The lowest BCUT2D eigenvalue weighted by Crippen LogP contribution is -2.32. The molecule has 0 radical (unpaired) electrons. The number of benzene rings is 2. The molecule has 3 rings (SSSR count). The van der Waals surface area contributed by atoms with Crippen molar-refractivity contribution in [3.63, 3.8) is 0 Å². The summed E-state index contributed by atoms with van der Waals surface area (Å²) in [7, 11) is 0. The van der Waals surface area contributed by atoms with Gasteiger partial charge < -0.3 is 5.32 Å². The van der Waals surface area contributed by atoms with Crippen molar-refractivity contribution in [2.75, 3.05) is 5.32 Å². The monoisotopic (exact) mass is 385 g/mol. The van der Waals surface area contributed by atoms with Gasteiger partial charge in [0.2, 0.25) is 11.8 Å². The van der Waals surface area contributed by atoms with Crippen molar-refractivity contribution in [3.05, 3.63) is 70.3 Å². The van der Waals surface area contributed by atoms with Gasteiger partial charge in [0, 0.05) is 24.2 Å². The van der Waals surface area contributed by atoms with Crippen LogP contribution in [0, 0.1) is 10.1 Å². The number of imide groups is 1. The molecule has 0 aliphatic carbocycles. The highest BCUT2D eigenvalue weighted by Gasteiger charge is 2.40. The zero-order chi connectivity index (χ0) is 19.4. The third-order valence-electron chi connectivity index (χ3n) is 3.90. The van der Waals surface area contributed by atoms with Crippen molar-refractivity contribution in [3.8, 4) is 0 Å². The Bertz CT molecular complexity index is 903. The normalized spacial score (nSPS) is 16.4. The maximum atomic E-state index is 12.5. The van der Waals surface area contributed by atoms with Crippen molar-refractivity contribution in [2.24, 2.45) is 0 Å². The number of carbonyl (C=O) groups excluding carboxylic acids is 3. The predicted octanol–water partition coefficient (Wildman–Crippen LogP) is 3.19. The van der Waals surface area contributed by atoms with E-state index in [0.29, 0.717) is 0 Å². The van der Waals surface area contributed by atoms with E-state index in [4.69, 9.17) is 0 Å². The summed E-state index contributed by atoms with van der Waals surface area (Å²) in [6, 6.07) is 14.6. The van der Waals surface area contributed by atoms with Gasteiger partial charge in [0.15, 0.2) is 0 Å². The number of nitrogens with zero attached hydrogens (tertiary/aromatic N) is 2. The van der Waals surface area contributed by atoms with Gasteiger partial charge in [-0.15, -0.1) is 0 Å². The number of nitro benzene ring substituents is 1. The summed E-state index contributed by atoms with van der Waals surface area (Å²) >= 11 is 0.816. The average molecular weight is 385 g/mol. The Morgan fingerprint density at radius 3 is 2.59 bits per heavy atom. The molecule has 1 heterocycles. The van der Waals surface area contributed by atoms with E-state index in [2.05, 4.69) is 5.32 Å². The molecule has 2 aromatic carbocycles. The van der Waals surface area contributed by atoms with Gasteiger partial charge in [0.05, 0.1) is 11.5 Å². The number of hydrogen-bond donors (Lipinski definition) is 1. The van der Waals surface area contributed by atoms with Crippen LogP contribution in [0.1, 0.15) is 12.0 Å². The molecular formula is C18H15N3O5S. The largest absolute Gasteiger partial charge is 0.326 e. The third kappa shape index (κ3) is 4.50. The summed E-state index contributed by atoms with van der Waals surface area (Å²) in [5, 5.41) is 12.1. The quantitative estimate of drug-likeness (QED) is 0.604. The van der Waals surface area contributed by atoms with Crippen molar-refractivity contribution >= 4 is 40.2 Å². The first-order chi connectivity index (χ1) is 12.9. The minimum Gasteiger partial charge on any atom is -0.326 e. The molecule has 0 spiro atoms. The first-order valence-corrected chi connectivity index (χ1v) is 8.92. The molecule has 1 aliphatic rings. The molecule has 1 fully saturated rings. The van der Waals surface area contributed by atoms with Crippen LogP contribution in [-0.2, 0) is 16.1 Å². The molecule has 9 heteroatoms. The fraction of sp³-hybridized carbons (Fsp3) is 0.167. The highest BCUT2D eigenvalue weighted by atomic mass is 32.2. The van der Waals surface area contributed by atoms with E-state index < -0.39 is 27.2 Å². The molecule has 3 amide bonds. The molecule has 0 bridgehead atoms. The number of hydrogen-bond acceptors (Lipinski definition) is 6. The maximum Gasteiger partial charge on any atom is 0.289 e. The molecule has 0 aromatic heterocycles. The van der Waals surface area contributed by atoms with Crippen molar-refractivity contribution < 1.29 is 19.3 Å². The number of amides is 3. The second-order valence-electron chi connectivity index (χ2n) is 5.84. The Morgan fingerprint density at radius 2 is 1.89 bits per heavy atom. The minimum absolute atomic E-state index is 0.150. The van der Waals surface area contributed by atoms with E-state index in [1.807, 2.05) is 30.3 Å². The van der Waals surface area contributed by atoms with Gasteiger partial charge in [0.1, 0.15) is 5.25 Å². The Labute approximate surface area is 158 Å². The summed E-state index contributed by atoms with van der Waals surface area (Å²) in [6.07, 6.45) is -0.191. The van der Waals surface area contributed by atoms with Gasteiger partial charge in [-0.3, -0.25) is 29.4 Å². The number of nitrogens with one attached hydrogen (secondary N) is 1. The topological polar surface area (TPSA) is 110 Å². The van der Waals surface area contributed by atoms with Gasteiger partial charge in [-0.1, -0.05) is 48.2 Å². The molecular weight excluding hydrogens is 370 g/mol. The number of nitro groups is 1. The number of rotatable bonds is 6. The number of anilines is 1. The van der Waals surface area contributed by atoms with Gasteiger partial charge in [-0.2, -0.15) is 0 Å². The van der Waals surface area contributed by atoms with E-state index in [1.165, 1.54) is 24.3 Å². The molecule has 1 saturated heterocycles. The smallest absolute Gasteiger partial charge is 0.289 e. The highest BCUT2D eigenvalue weighted by molar-refractivity contribution is 8.15. The molecule has 8 nitrogen and oxygen atoms in total. The standard InChI is InChI=1S/C18H15N3O5S/c22-16(19-13-7-4-8-14(9-13)21(25)26)10-15-17(23)20(18(24)27-15)11-12-5-2-1-3-6-12/h1-9,15H,10-11H2,(H,19,22)/t15-/m0/s1. The van der Waals surface area contributed by atoms with Gasteiger partial charge in [-0.05, 0) is 11.6 Å². The van der Waals surface area contributed by atoms with Crippen LogP contribution in [0.15, 0.2) is 54.6 Å². The molecule has 2 aromatic rings. The molecule has 1 N–H and O–H groups in total. The lowest BCUT2D eigenvalue weighted by atomic mass is 10.2. The van der Waals surface area contributed by atoms with Crippen LogP contribution in [0.2, 0.25) is 0 Å². The van der Waals surface area contributed by atoms with Crippen molar-refractivity contribution in [1.29, 1.82) is 0 Å². The van der Waals surface area contributed by atoms with E-state index in [-0.39, 0.29) is 24.3 Å². The van der Waals surface area contributed by atoms with Crippen LogP contribution in [0.3, 0.4) is 0 Å². The maximum absolute atomic E-state index is 12.5. The number of carbonyl (C=O) groups is 3. The van der Waals surface area contributed by atoms with Crippen LogP contribution in [0.5, 0.6) is 0 Å². The molecule has 0 saturated carbocycles. The summed E-state index contributed by atoms with van der Waals surface area (Å²) < 4.78 is 0. The van der Waals surface area contributed by atoms with Crippen LogP contribution >= 0.6 is 11.8 Å². The average Bonchev–Trinajstić information content (AvgIpc) is 2.90. The summed E-state index contributed by atoms with van der Waals surface area (Å²) in [6.45, 7) is 0.161. The molecule has 1 atom stereocenters. The zero-order valence-corrected chi connectivity index (χ0v) is 14.8. The molecule has 1 aliphatic heterocycles. The molecule has 27 heavy (non-hydrogen) atoms. The summed E-state index contributed by atoms with van der Waals surface area (Å²) in [5.41, 5.74) is 0.932. The Balaban J connectivity index is 1.61. The van der Waals surface area contributed by atoms with E-state index >= 15 is 0 Å². The fourth-order valence-electron chi connectivity index (χ4n) is 2.61. The molecule has 138 valence electrons. The fourth-order valence-corrected chi connectivity index (χ4v) is 3.60. The lowest BCUT2D eigenvalue weighted by molar-refractivity contribution is -0.384. The van der Waals surface area contributed by atoms with E-state index in [9.17, 15) is 24.5 Å². The van der Waals surface area contributed by atoms with Crippen molar-refractivity contribution in [1.82, 2.24) is 4.90 Å². The second kappa shape index (κ2) is 8.00. The second-order valence-corrected chi connectivity index (χ2v) is 7.00. The van der Waals surface area contributed by atoms with Gasteiger partial charge >= 0.3 is 0 Å². The van der Waals surface area contributed by atoms with Crippen LogP contribution in [0.25, 0.3) is 0 Å². The van der Waals surface area contributed by atoms with E-state index in [0.717, 1.165) is 22.2 Å². The Kier molecular flexibility index (Phi) is 5.51. The number of non-ortho nitro benzene ring substituents is 1. The van der Waals surface area contributed by atoms with Crippen LogP contribution in [0.4, 0.5) is 16.2 Å². The van der Waals surface area contributed by atoms with Crippen LogP contribution < -0.4 is 5.32 Å². The lowest BCUT2D eigenvalue weighted by Gasteiger charge is -2.13. The van der Waals surface area contributed by atoms with Crippen LogP contribution in [-0.4, -0.2) is 32.1 Å².